The van der Waals surface area contributed by atoms with Crippen LogP contribution < -0.4 is 5.73 Å². The Morgan fingerprint density at radius 1 is 1.00 bits per heavy atom. The normalized spacial score (nSPS) is 19.8. The monoisotopic (exact) mass is 486 g/mol. The van der Waals surface area contributed by atoms with Gasteiger partial charge >= 0.3 is 0 Å². The number of hydrogen-bond acceptors (Lipinski definition) is 7. The van der Waals surface area contributed by atoms with Crippen LogP contribution in [0.4, 0.5) is 0 Å². The summed E-state index contributed by atoms with van der Waals surface area (Å²) in [5.74, 6) is -0.649. The molecule has 2 aliphatic heterocycles. The van der Waals surface area contributed by atoms with Gasteiger partial charge in [0, 0.05) is 51.3 Å². The molecule has 34 heavy (non-hydrogen) atoms. The van der Waals surface area contributed by atoms with E-state index in [1.165, 1.54) is 12.3 Å². The maximum absolute atomic E-state index is 13.3. The number of benzene rings is 1. The highest BCUT2D eigenvalue weighted by Gasteiger charge is 2.36. The second kappa shape index (κ2) is 10.7. The van der Waals surface area contributed by atoms with Gasteiger partial charge in [-0.1, -0.05) is 18.2 Å². The third-order valence-electron chi connectivity index (χ3n) is 6.31. The molecule has 2 saturated heterocycles. The van der Waals surface area contributed by atoms with E-state index in [0.29, 0.717) is 25.3 Å². The van der Waals surface area contributed by atoms with Crippen molar-refractivity contribution in [2.24, 2.45) is 5.73 Å². The summed E-state index contributed by atoms with van der Waals surface area (Å²) in [5.41, 5.74) is 6.77. The Hall–Kier alpha value is -2.66. The number of Topliss-reactive ketones (excluding diaryl/α,β-unsaturated/α-hetero) is 1. The lowest BCUT2D eigenvalue weighted by molar-refractivity contribution is -0.117. The molecule has 3 heterocycles. The van der Waals surface area contributed by atoms with E-state index in [4.69, 9.17) is 10.5 Å². The lowest BCUT2D eigenvalue weighted by Gasteiger charge is -2.32. The van der Waals surface area contributed by atoms with E-state index in [-0.39, 0.29) is 35.3 Å². The second-order valence-corrected chi connectivity index (χ2v) is 10.7. The molecule has 0 saturated carbocycles. The van der Waals surface area contributed by atoms with E-state index >= 15 is 0 Å². The molecule has 2 fully saturated rings. The van der Waals surface area contributed by atoms with Crippen molar-refractivity contribution < 1.29 is 22.7 Å². The van der Waals surface area contributed by atoms with Crippen molar-refractivity contribution in [2.75, 3.05) is 39.4 Å². The number of amides is 1. The Labute approximate surface area is 199 Å². The van der Waals surface area contributed by atoms with Crippen LogP contribution in [0.15, 0.2) is 47.5 Å². The van der Waals surface area contributed by atoms with E-state index in [9.17, 15) is 18.0 Å². The summed E-state index contributed by atoms with van der Waals surface area (Å²) in [4.78, 5) is 30.0. The first-order valence-corrected chi connectivity index (χ1v) is 12.9. The molecule has 0 unspecified atom stereocenters. The van der Waals surface area contributed by atoms with Crippen LogP contribution in [0.1, 0.15) is 34.5 Å². The number of nitrogens with zero attached hydrogens (tertiary/aromatic N) is 3. The van der Waals surface area contributed by atoms with Gasteiger partial charge in [-0.25, -0.2) is 8.42 Å². The Morgan fingerprint density at radius 3 is 2.32 bits per heavy atom. The summed E-state index contributed by atoms with van der Waals surface area (Å²) in [6.07, 6.45) is 3.54. The zero-order valence-electron chi connectivity index (χ0n) is 19.1. The van der Waals surface area contributed by atoms with Gasteiger partial charge in [-0.3, -0.25) is 19.5 Å². The Morgan fingerprint density at radius 2 is 1.68 bits per heavy atom. The fourth-order valence-corrected chi connectivity index (χ4v) is 6.18. The number of carbonyl (C=O) groups excluding carboxylic acids is 2. The summed E-state index contributed by atoms with van der Waals surface area (Å²) in [6, 6.07) is 9.70. The molecule has 9 nitrogen and oxygen atoms in total. The van der Waals surface area contributed by atoms with E-state index in [0.717, 1.165) is 38.0 Å². The van der Waals surface area contributed by atoms with Crippen LogP contribution in [0, 0.1) is 0 Å². The summed E-state index contributed by atoms with van der Waals surface area (Å²) in [5, 5.41) is 0. The van der Waals surface area contributed by atoms with Gasteiger partial charge in [0.15, 0.2) is 0 Å². The van der Waals surface area contributed by atoms with Crippen molar-refractivity contribution in [2.45, 2.75) is 36.6 Å². The molecule has 0 radical (unpaired) electrons. The average molecular weight is 487 g/mol. The average Bonchev–Trinajstić information content (AvgIpc) is 3.29. The van der Waals surface area contributed by atoms with E-state index in [1.54, 1.807) is 34.6 Å². The quantitative estimate of drug-likeness (QED) is 0.561. The number of sulfonamides is 1. The number of carbonyl (C=O) groups is 2. The molecule has 1 amide bonds. The molecule has 4 rings (SSSR count). The number of morpholine rings is 1. The summed E-state index contributed by atoms with van der Waals surface area (Å²) >= 11 is 0. The predicted molar refractivity (Wildman–Crippen MR) is 126 cm³/mol. The van der Waals surface area contributed by atoms with Crippen molar-refractivity contribution in [3.63, 3.8) is 0 Å². The number of rotatable bonds is 9. The minimum absolute atomic E-state index is 0.0288. The minimum Gasteiger partial charge on any atom is -0.379 e. The lowest BCUT2D eigenvalue weighted by Crippen LogP contribution is -2.46. The standard InChI is InChI=1S/C24H30N4O5S/c25-24(30)23-8-5-19(16-26-23)15-21(29)14-18-3-6-22(7-4-18)34(31,32)28-9-1-2-20(28)17-27-10-12-33-13-11-27/h3-8,16,20H,1-2,9-15,17H2,(H2,25,30)/t20-/m1/s1. The predicted octanol–water partition coefficient (Wildman–Crippen LogP) is 1.02. The molecule has 0 aliphatic carbocycles. The van der Waals surface area contributed by atoms with Crippen molar-refractivity contribution in [1.82, 2.24) is 14.2 Å². The molecule has 0 spiro atoms. The number of pyridine rings is 1. The molecule has 182 valence electrons. The Balaban J connectivity index is 1.37. The van der Waals surface area contributed by atoms with Crippen LogP contribution in [0.5, 0.6) is 0 Å². The van der Waals surface area contributed by atoms with E-state index in [2.05, 4.69) is 9.88 Å². The van der Waals surface area contributed by atoms with Gasteiger partial charge in [-0.2, -0.15) is 4.31 Å². The largest absolute Gasteiger partial charge is 0.379 e. The third kappa shape index (κ3) is 5.87. The van der Waals surface area contributed by atoms with Crippen molar-refractivity contribution in [3.05, 3.63) is 59.4 Å². The first-order chi connectivity index (χ1) is 16.3. The molecular formula is C24H30N4O5S. The summed E-state index contributed by atoms with van der Waals surface area (Å²) < 4.78 is 33.7. The SMILES string of the molecule is NC(=O)c1ccc(CC(=O)Cc2ccc(S(=O)(=O)N3CCC[C@@H]3CN3CCOCC3)cc2)cn1. The fourth-order valence-electron chi connectivity index (χ4n) is 4.50. The third-order valence-corrected chi connectivity index (χ3v) is 8.27. The van der Waals surface area contributed by atoms with Crippen molar-refractivity contribution in [3.8, 4) is 0 Å². The highest BCUT2D eigenvalue weighted by atomic mass is 32.2. The summed E-state index contributed by atoms with van der Waals surface area (Å²) in [7, 11) is -3.60. The van der Waals surface area contributed by atoms with Crippen LogP contribution in [-0.2, 0) is 32.4 Å². The van der Waals surface area contributed by atoms with Gasteiger partial charge in [0.1, 0.15) is 11.5 Å². The molecule has 1 aromatic heterocycles. The molecule has 1 atom stereocenters. The van der Waals surface area contributed by atoms with Gasteiger partial charge < -0.3 is 10.5 Å². The highest BCUT2D eigenvalue weighted by Crippen LogP contribution is 2.27. The number of primary amides is 1. The van der Waals surface area contributed by atoms with E-state index in [1.807, 2.05) is 0 Å². The van der Waals surface area contributed by atoms with Crippen LogP contribution in [0.3, 0.4) is 0 Å². The van der Waals surface area contributed by atoms with Crippen molar-refractivity contribution in [1.29, 1.82) is 0 Å². The molecular weight excluding hydrogens is 456 g/mol. The Kier molecular flexibility index (Phi) is 7.72. The Bertz CT molecular complexity index is 1110. The molecule has 2 N–H and O–H groups in total. The summed E-state index contributed by atoms with van der Waals surface area (Å²) in [6.45, 7) is 4.30. The maximum atomic E-state index is 13.3. The highest BCUT2D eigenvalue weighted by molar-refractivity contribution is 7.89. The number of nitrogens with two attached hydrogens (primary N) is 1. The second-order valence-electron chi connectivity index (χ2n) is 8.78. The van der Waals surface area contributed by atoms with Gasteiger partial charge in [-0.15, -0.1) is 0 Å². The number of ether oxygens (including phenoxy) is 1. The maximum Gasteiger partial charge on any atom is 0.267 e. The van der Waals surface area contributed by atoms with Crippen molar-refractivity contribution >= 4 is 21.7 Å². The van der Waals surface area contributed by atoms with Crippen LogP contribution >= 0.6 is 0 Å². The lowest BCUT2D eigenvalue weighted by atomic mass is 10.0. The number of ketones is 1. The molecule has 2 aromatic rings. The van der Waals surface area contributed by atoms with Gasteiger partial charge in [0.2, 0.25) is 10.0 Å². The molecule has 2 aliphatic rings. The first-order valence-electron chi connectivity index (χ1n) is 11.5. The van der Waals surface area contributed by atoms with Gasteiger partial charge in [-0.05, 0) is 42.2 Å². The topological polar surface area (TPSA) is 123 Å². The fraction of sp³-hybridized carbons (Fsp3) is 0.458. The molecule has 0 bridgehead atoms. The zero-order chi connectivity index (χ0) is 24.1. The van der Waals surface area contributed by atoms with Crippen LogP contribution in [-0.4, -0.2) is 79.7 Å². The van der Waals surface area contributed by atoms with Gasteiger partial charge in [0.25, 0.3) is 5.91 Å². The molecule has 10 heteroatoms. The van der Waals surface area contributed by atoms with Crippen LogP contribution in [0.2, 0.25) is 0 Å². The first kappa shape index (κ1) is 24.5. The smallest absolute Gasteiger partial charge is 0.267 e. The number of hydrogen-bond donors (Lipinski definition) is 1. The zero-order valence-corrected chi connectivity index (χ0v) is 19.9. The molecule has 1 aromatic carbocycles. The van der Waals surface area contributed by atoms with Gasteiger partial charge in [0.05, 0.1) is 18.1 Å². The van der Waals surface area contributed by atoms with Crippen LogP contribution in [0.25, 0.3) is 0 Å². The minimum atomic E-state index is -3.60. The van der Waals surface area contributed by atoms with E-state index < -0.39 is 15.9 Å². The number of aromatic nitrogens is 1.